The maximum atomic E-state index is 4.72. The molecule has 3 aliphatic heterocycles. The molecule has 214 valence electrons. The highest BCUT2D eigenvalue weighted by atomic mass is 32.1. The molecule has 0 unspecified atom stereocenters. The Balaban J connectivity index is 1.37. The van der Waals surface area contributed by atoms with Crippen molar-refractivity contribution in [1.29, 1.82) is 0 Å². The van der Waals surface area contributed by atoms with Crippen LogP contribution in [-0.2, 0) is 0 Å². The van der Waals surface area contributed by atoms with Gasteiger partial charge in [-0.05, 0) is 36.4 Å². The number of hydrogen-bond donors (Lipinski definition) is 0. The van der Waals surface area contributed by atoms with E-state index in [1.54, 1.807) is 34.0 Å². The van der Waals surface area contributed by atoms with Crippen LogP contribution in [0.1, 0.15) is 29.3 Å². The minimum absolute atomic E-state index is 0.742. The highest BCUT2D eigenvalue weighted by Gasteiger charge is 2.06. The van der Waals surface area contributed by atoms with Gasteiger partial charge in [-0.3, -0.25) is 39.8 Å². The van der Waals surface area contributed by atoms with E-state index in [9.17, 15) is 0 Å². The SMILES string of the molecule is C1=NCCN2CCN=Cc3ccc(s3)C=NCCN(CCN=Cc3ccc1s3)CCN=Cc1ccc(s1)C=NCC2. The maximum absolute atomic E-state index is 4.72. The third kappa shape index (κ3) is 10.4. The topological polar surface area (TPSA) is 80.6 Å². The summed E-state index contributed by atoms with van der Waals surface area (Å²) in [5, 5.41) is 0. The normalized spacial score (nSPS) is 21.4. The third-order valence-corrected chi connectivity index (χ3v) is 9.39. The second-order valence-electron chi connectivity index (χ2n) is 9.62. The number of rotatable bonds is 0. The van der Waals surface area contributed by atoms with Crippen molar-refractivity contribution in [3.63, 3.8) is 0 Å². The van der Waals surface area contributed by atoms with Crippen LogP contribution < -0.4 is 0 Å². The van der Waals surface area contributed by atoms with Crippen molar-refractivity contribution in [3.8, 4) is 0 Å². The van der Waals surface area contributed by atoms with Gasteiger partial charge >= 0.3 is 0 Å². The van der Waals surface area contributed by atoms with Gasteiger partial charge in [-0.15, -0.1) is 34.0 Å². The van der Waals surface area contributed by atoms with E-state index in [1.807, 2.05) is 37.3 Å². The molecule has 0 N–H and O–H groups in total. The maximum Gasteiger partial charge on any atom is 0.0517 e. The zero-order valence-electron chi connectivity index (χ0n) is 23.2. The lowest BCUT2D eigenvalue weighted by atomic mass is 10.4. The average molecular weight is 605 g/mol. The molecule has 3 aromatic rings. The van der Waals surface area contributed by atoms with Gasteiger partial charge in [-0.1, -0.05) is 0 Å². The largest absolute Gasteiger partial charge is 0.298 e. The summed E-state index contributed by atoms with van der Waals surface area (Å²) >= 11 is 5.16. The zero-order chi connectivity index (χ0) is 28.0. The van der Waals surface area contributed by atoms with Gasteiger partial charge in [0.15, 0.2) is 0 Å². The fourth-order valence-corrected chi connectivity index (χ4v) is 6.71. The van der Waals surface area contributed by atoms with Crippen LogP contribution in [-0.4, -0.2) is 126 Å². The van der Waals surface area contributed by atoms with Gasteiger partial charge in [0.25, 0.3) is 0 Å². The Hall–Kier alpha value is -2.96. The molecule has 0 fully saturated rings. The minimum atomic E-state index is 0.742. The highest BCUT2D eigenvalue weighted by Crippen LogP contribution is 2.14. The van der Waals surface area contributed by atoms with Gasteiger partial charge in [-0.25, -0.2) is 0 Å². The van der Waals surface area contributed by atoms with Crippen LogP contribution in [0.4, 0.5) is 0 Å². The fraction of sp³-hybridized carbons (Fsp3) is 0.400. The molecule has 0 radical (unpaired) electrons. The number of aliphatic imine (C=N–C) groups is 6. The van der Waals surface area contributed by atoms with E-state index in [1.165, 1.54) is 0 Å². The van der Waals surface area contributed by atoms with Crippen molar-refractivity contribution in [2.24, 2.45) is 30.0 Å². The van der Waals surface area contributed by atoms with E-state index in [2.05, 4.69) is 46.2 Å². The summed E-state index contributed by atoms with van der Waals surface area (Å²) in [7, 11) is 0. The van der Waals surface area contributed by atoms with E-state index < -0.39 is 0 Å². The summed E-state index contributed by atoms with van der Waals surface area (Å²) < 4.78 is 0. The number of nitrogens with zero attached hydrogens (tertiary/aromatic N) is 8. The van der Waals surface area contributed by atoms with Crippen LogP contribution in [0, 0.1) is 0 Å². The van der Waals surface area contributed by atoms with Crippen LogP contribution in [0.5, 0.6) is 0 Å². The summed E-state index contributed by atoms with van der Waals surface area (Å²) in [6.45, 7) is 9.68. The number of hydrogen-bond acceptors (Lipinski definition) is 11. The molecular weight excluding hydrogens is 569 g/mol. The van der Waals surface area contributed by atoms with E-state index >= 15 is 0 Å². The van der Waals surface area contributed by atoms with Crippen LogP contribution >= 0.6 is 34.0 Å². The van der Waals surface area contributed by atoms with Gasteiger partial charge in [0, 0.05) is 106 Å². The summed E-state index contributed by atoms with van der Waals surface area (Å²) in [5.74, 6) is 0. The van der Waals surface area contributed by atoms with E-state index in [0.29, 0.717) is 0 Å². The molecule has 0 amide bonds. The molecule has 3 aromatic heterocycles. The summed E-state index contributed by atoms with van der Waals surface area (Å²) in [4.78, 5) is 40.0. The standard InChI is InChI=1S/C30H36N8S3/c1-2-26-20-32-8-14-38-17-11-35-23-29-5-3-27(40-29)21-33-9-15-37(13-7-31-19-25(1)39-26)16-10-34-22-28-4-6-30(41-28)24-36-12-18-38/h1-6,19-24H,7-18H2. The Bertz CT molecular complexity index is 1130. The number of fused-ring (bicyclic) bond motifs is 12. The molecular formula is C30H36N8S3. The van der Waals surface area contributed by atoms with Crippen molar-refractivity contribution in [3.05, 3.63) is 65.7 Å². The zero-order valence-corrected chi connectivity index (χ0v) is 25.7. The quantitative estimate of drug-likeness (QED) is 0.381. The first kappa shape index (κ1) is 29.5. The summed E-state index contributed by atoms with van der Waals surface area (Å²) in [6.07, 6.45) is 11.9. The lowest BCUT2D eigenvalue weighted by Crippen LogP contribution is -2.31. The predicted molar refractivity (Wildman–Crippen MR) is 181 cm³/mol. The Labute approximate surface area is 254 Å². The lowest BCUT2D eigenvalue weighted by Gasteiger charge is -2.19. The van der Waals surface area contributed by atoms with Crippen LogP contribution in [0.25, 0.3) is 0 Å². The molecule has 11 heteroatoms. The van der Waals surface area contributed by atoms with E-state index in [4.69, 9.17) is 30.0 Å². The Kier molecular flexibility index (Phi) is 11.9. The molecule has 41 heavy (non-hydrogen) atoms. The monoisotopic (exact) mass is 604 g/mol. The minimum Gasteiger partial charge on any atom is -0.298 e. The number of thiophene rings is 3. The van der Waals surface area contributed by atoms with Crippen molar-refractivity contribution in [2.75, 3.05) is 78.5 Å². The molecule has 3 aliphatic rings. The molecule has 0 atom stereocenters. The Morgan fingerprint density at radius 1 is 0.341 bits per heavy atom. The summed E-state index contributed by atoms with van der Waals surface area (Å²) in [6, 6.07) is 12.7. The van der Waals surface area contributed by atoms with Crippen LogP contribution in [0.2, 0.25) is 0 Å². The molecule has 0 aromatic carbocycles. The Morgan fingerprint density at radius 2 is 0.537 bits per heavy atom. The Morgan fingerprint density at radius 3 is 0.732 bits per heavy atom. The predicted octanol–water partition coefficient (Wildman–Crippen LogP) is 4.42. The van der Waals surface area contributed by atoms with Gasteiger partial charge < -0.3 is 0 Å². The van der Waals surface area contributed by atoms with Crippen molar-refractivity contribution >= 4 is 71.3 Å². The van der Waals surface area contributed by atoms with Crippen molar-refractivity contribution < 1.29 is 0 Å². The second-order valence-corrected chi connectivity index (χ2v) is 13.1. The fourth-order valence-electron chi connectivity index (χ4n) is 4.31. The summed E-state index contributed by atoms with van der Waals surface area (Å²) in [5.41, 5.74) is 0. The molecule has 8 bridgehead atoms. The first-order valence-corrected chi connectivity index (χ1v) is 16.5. The average Bonchev–Trinajstić information content (AvgIpc) is 3.74. The smallest absolute Gasteiger partial charge is 0.0517 e. The van der Waals surface area contributed by atoms with Crippen LogP contribution in [0.15, 0.2) is 66.4 Å². The molecule has 8 nitrogen and oxygen atoms in total. The first-order valence-electron chi connectivity index (χ1n) is 14.0. The lowest BCUT2D eigenvalue weighted by molar-refractivity contribution is 0.298. The molecule has 0 saturated carbocycles. The third-order valence-electron chi connectivity index (χ3n) is 6.53. The van der Waals surface area contributed by atoms with Gasteiger partial charge in [0.2, 0.25) is 0 Å². The first-order chi connectivity index (χ1) is 20.3. The van der Waals surface area contributed by atoms with Crippen LogP contribution in [0.3, 0.4) is 0 Å². The molecule has 6 heterocycles. The molecule has 0 spiro atoms. The van der Waals surface area contributed by atoms with Gasteiger partial charge in [-0.2, -0.15) is 0 Å². The molecule has 6 rings (SSSR count). The molecule has 0 aliphatic carbocycles. The van der Waals surface area contributed by atoms with Crippen molar-refractivity contribution in [2.45, 2.75) is 0 Å². The van der Waals surface area contributed by atoms with Gasteiger partial charge in [0.05, 0.1) is 39.3 Å². The van der Waals surface area contributed by atoms with Crippen molar-refractivity contribution in [1.82, 2.24) is 9.80 Å². The van der Waals surface area contributed by atoms with Gasteiger partial charge in [0.1, 0.15) is 0 Å². The molecule has 0 saturated heterocycles. The second kappa shape index (κ2) is 16.5. The highest BCUT2D eigenvalue weighted by molar-refractivity contribution is 7.16. The van der Waals surface area contributed by atoms with E-state index in [0.717, 1.165) is 108 Å². The van der Waals surface area contributed by atoms with E-state index in [-0.39, 0.29) is 0 Å².